The van der Waals surface area contributed by atoms with E-state index >= 15 is 0 Å². The standard InChI is InChI=1S/C17H23N3O3S/c1-11(2)12(3)20(13-8-9-13)16(21)15-14-7-5-6-10-19(14)17(18-15)24(4,22)23/h5-7,10-13H,8-9H2,1-4H3. The lowest BCUT2D eigenvalue weighted by Gasteiger charge is -2.31. The number of nitrogens with zero attached hydrogens (tertiary/aromatic N) is 3. The Balaban J connectivity index is 2.13. The smallest absolute Gasteiger partial charge is 0.275 e. The SMILES string of the molecule is CC(C)C(C)N(C(=O)c1nc(S(C)(=O)=O)n2ccccc12)C1CC1. The average Bonchev–Trinajstić information content (AvgIpc) is 3.25. The minimum Gasteiger partial charge on any atom is -0.331 e. The summed E-state index contributed by atoms with van der Waals surface area (Å²) < 4.78 is 25.5. The predicted octanol–water partition coefficient (Wildman–Crippen LogP) is 2.39. The number of carbonyl (C=O) groups excluding carboxylic acids is 1. The molecule has 1 atom stereocenters. The summed E-state index contributed by atoms with van der Waals surface area (Å²) in [6.07, 6.45) is 4.72. The Morgan fingerprint density at radius 2 is 1.96 bits per heavy atom. The number of aromatic nitrogens is 2. The van der Waals surface area contributed by atoms with E-state index in [2.05, 4.69) is 18.8 Å². The number of sulfone groups is 1. The molecule has 24 heavy (non-hydrogen) atoms. The van der Waals surface area contributed by atoms with Crippen molar-refractivity contribution < 1.29 is 13.2 Å². The van der Waals surface area contributed by atoms with Crippen molar-refractivity contribution >= 4 is 21.3 Å². The van der Waals surface area contributed by atoms with Gasteiger partial charge in [0.15, 0.2) is 5.69 Å². The molecule has 0 saturated heterocycles. The molecular formula is C17H23N3O3S. The van der Waals surface area contributed by atoms with Crippen LogP contribution in [0.4, 0.5) is 0 Å². The van der Waals surface area contributed by atoms with E-state index in [1.165, 1.54) is 4.40 Å². The average molecular weight is 349 g/mol. The molecule has 1 unspecified atom stereocenters. The molecule has 0 spiro atoms. The largest absolute Gasteiger partial charge is 0.331 e. The first-order valence-corrected chi connectivity index (χ1v) is 10.1. The number of carbonyl (C=O) groups is 1. The van der Waals surface area contributed by atoms with Crippen LogP contribution in [0.15, 0.2) is 29.6 Å². The maximum Gasteiger partial charge on any atom is 0.275 e. The molecule has 2 aromatic heterocycles. The summed E-state index contributed by atoms with van der Waals surface area (Å²) in [6, 6.07) is 5.56. The molecule has 7 heteroatoms. The molecule has 6 nitrogen and oxygen atoms in total. The monoisotopic (exact) mass is 349 g/mol. The Hall–Kier alpha value is -1.89. The van der Waals surface area contributed by atoms with Crippen molar-refractivity contribution in [3.63, 3.8) is 0 Å². The Morgan fingerprint density at radius 3 is 2.50 bits per heavy atom. The second-order valence-corrected chi connectivity index (χ2v) is 8.81. The quantitative estimate of drug-likeness (QED) is 0.831. The van der Waals surface area contributed by atoms with E-state index in [1.807, 2.05) is 11.8 Å². The summed E-state index contributed by atoms with van der Waals surface area (Å²) in [5.74, 6) is 0.134. The van der Waals surface area contributed by atoms with Gasteiger partial charge in [-0.1, -0.05) is 19.9 Å². The van der Waals surface area contributed by atoms with Crippen LogP contribution in [0.25, 0.3) is 5.52 Å². The third-order valence-electron chi connectivity index (χ3n) is 4.63. The summed E-state index contributed by atoms with van der Waals surface area (Å²) in [4.78, 5) is 19.3. The van der Waals surface area contributed by atoms with Crippen LogP contribution in [0.5, 0.6) is 0 Å². The molecule has 1 aliphatic rings. The van der Waals surface area contributed by atoms with Crippen LogP contribution in [0.2, 0.25) is 0 Å². The van der Waals surface area contributed by atoms with Crippen LogP contribution in [0, 0.1) is 5.92 Å². The lowest BCUT2D eigenvalue weighted by molar-refractivity contribution is 0.0624. The summed E-state index contributed by atoms with van der Waals surface area (Å²) in [5.41, 5.74) is 0.750. The fraction of sp³-hybridized carbons (Fsp3) is 0.529. The zero-order valence-corrected chi connectivity index (χ0v) is 15.2. The van der Waals surface area contributed by atoms with Gasteiger partial charge in [-0.25, -0.2) is 13.4 Å². The molecule has 2 heterocycles. The highest BCUT2D eigenvalue weighted by Crippen LogP contribution is 2.33. The van der Waals surface area contributed by atoms with Gasteiger partial charge < -0.3 is 4.90 Å². The zero-order valence-electron chi connectivity index (χ0n) is 14.4. The molecule has 3 rings (SSSR count). The number of amides is 1. The van der Waals surface area contributed by atoms with Crippen LogP contribution in [0.1, 0.15) is 44.1 Å². The van der Waals surface area contributed by atoms with E-state index in [-0.39, 0.29) is 28.8 Å². The molecule has 0 N–H and O–H groups in total. The van der Waals surface area contributed by atoms with Crippen molar-refractivity contribution in [2.45, 2.75) is 50.9 Å². The number of fused-ring (bicyclic) bond motifs is 1. The van der Waals surface area contributed by atoms with Crippen molar-refractivity contribution in [3.05, 3.63) is 30.1 Å². The summed E-state index contributed by atoms with van der Waals surface area (Å²) in [5, 5.41) is -0.0885. The van der Waals surface area contributed by atoms with Crippen LogP contribution in [-0.4, -0.2) is 46.9 Å². The van der Waals surface area contributed by atoms with Gasteiger partial charge in [0, 0.05) is 24.5 Å². The highest BCUT2D eigenvalue weighted by atomic mass is 32.2. The Kier molecular flexibility index (Phi) is 4.15. The molecule has 1 saturated carbocycles. The van der Waals surface area contributed by atoms with Crippen molar-refractivity contribution in [1.82, 2.24) is 14.3 Å². The molecule has 0 radical (unpaired) electrons. The molecule has 130 valence electrons. The van der Waals surface area contributed by atoms with E-state index in [1.54, 1.807) is 24.4 Å². The molecular weight excluding hydrogens is 326 g/mol. The third kappa shape index (κ3) is 2.92. The van der Waals surface area contributed by atoms with Gasteiger partial charge in [-0.05, 0) is 37.8 Å². The van der Waals surface area contributed by atoms with Crippen molar-refractivity contribution in [1.29, 1.82) is 0 Å². The van der Waals surface area contributed by atoms with Gasteiger partial charge in [-0.2, -0.15) is 0 Å². The lowest BCUT2D eigenvalue weighted by Crippen LogP contribution is -2.43. The number of imidazole rings is 1. The first-order valence-electron chi connectivity index (χ1n) is 8.21. The van der Waals surface area contributed by atoms with Gasteiger partial charge in [-0.3, -0.25) is 9.20 Å². The van der Waals surface area contributed by atoms with Crippen LogP contribution in [-0.2, 0) is 9.84 Å². The van der Waals surface area contributed by atoms with E-state index in [9.17, 15) is 13.2 Å². The fourth-order valence-corrected chi connectivity index (χ4v) is 3.68. The van der Waals surface area contributed by atoms with Gasteiger partial charge >= 0.3 is 0 Å². The van der Waals surface area contributed by atoms with Crippen LogP contribution in [0.3, 0.4) is 0 Å². The first kappa shape index (κ1) is 17.0. The fourth-order valence-electron chi connectivity index (χ4n) is 2.91. The predicted molar refractivity (Wildman–Crippen MR) is 91.8 cm³/mol. The zero-order chi connectivity index (χ0) is 17.6. The van der Waals surface area contributed by atoms with E-state index in [0.717, 1.165) is 19.1 Å². The normalized spacial score (nSPS) is 16.5. The Bertz CT molecular complexity index is 882. The summed E-state index contributed by atoms with van der Waals surface area (Å²) in [6.45, 7) is 6.21. The number of pyridine rings is 1. The van der Waals surface area contributed by atoms with Gasteiger partial charge in [0.1, 0.15) is 0 Å². The van der Waals surface area contributed by atoms with Gasteiger partial charge in [0.2, 0.25) is 15.0 Å². The summed E-state index contributed by atoms with van der Waals surface area (Å²) in [7, 11) is -3.53. The molecule has 0 bridgehead atoms. The summed E-state index contributed by atoms with van der Waals surface area (Å²) >= 11 is 0. The molecule has 1 aliphatic carbocycles. The Morgan fingerprint density at radius 1 is 1.29 bits per heavy atom. The molecule has 0 aromatic carbocycles. The van der Waals surface area contributed by atoms with Crippen molar-refractivity contribution in [2.24, 2.45) is 5.92 Å². The molecule has 1 amide bonds. The molecule has 1 fully saturated rings. The lowest BCUT2D eigenvalue weighted by atomic mass is 10.0. The van der Waals surface area contributed by atoms with Crippen molar-refractivity contribution in [3.8, 4) is 0 Å². The van der Waals surface area contributed by atoms with E-state index < -0.39 is 9.84 Å². The highest BCUT2D eigenvalue weighted by molar-refractivity contribution is 7.90. The van der Waals surface area contributed by atoms with Crippen LogP contribution < -0.4 is 0 Å². The second-order valence-electron chi connectivity index (χ2n) is 6.90. The van der Waals surface area contributed by atoms with Gasteiger partial charge in [0.25, 0.3) is 5.91 Å². The molecule has 2 aromatic rings. The van der Waals surface area contributed by atoms with Crippen LogP contribution >= 0.6 is 0 Å². The number of hydrogen-bond acceptors (Lipinski definition) is 4. The minimum atomic E-state index is -3.53. The maximum atomic E-state index is 13.2. The maximum absolute atomic E-state index is 13.2. The number of hydrogen-bond donors (Lipinski definition) is 0. The second kappa shape index (κ2) is 5.88. The van der Waals surface area contributed by atoms with E-state index in [0.29, 0.717) is 11.4 Å². The van der Waals surface area contributed by atoms with E-state index in [4.69, 9.17) is 0 Å². The highest BCUT2D eigenvalue weighted by Gasteiger charge is 2.39. The third-order valence-corrected chi connectivity index (χ3v) is 5.58. The van der Waals surface area contributed by atoms with Gasteiger partial charge in [0.05, 0.1) is 5.52 Å². The van der Waals surface area contributed by atoms with Crippen molar-refractivity contribution in [2.75, 3.05) is 6.26 Å². The van der Waals surface area contributed by atoms with Gasteiger partial charge in [-0.15, -0.1) is 0 Å². The Labute approximate surface area is 142 Å². The minimum absolute atomic E-state index is 0.0761. The number of rotatable bonds is 5. The topological polar surface area (TPSA) is 71.8 Å². The molecule has 0 aliphatic heterocycles. The first-order chi connectivity index (χ1) is 11.2.